The van der Waals surface area contributed by atoms with Gasteiger partial charge in [0.05, 0.1) is 5.56 Å². The van der Waals surface area contributed by atoms with E-state index in [1.165, 1.54) is 13.2 Å². The molecule has 1 aromatic rings. The van der Waals surface area contributed by atoms with E-state index in [2.05, 4.69) is 31.5 Å². The lowest BCUT2D eigenvalue weighted by Gasteiger charge is -2.11. The summed E-state index contributed by atoms with van der Waals surface area (Å²) in [6.45, 7) is 1.61. The molecule has 0 aliphatic heterocycles. The number of carbonyl (C=O) groups is 2. The summed E-state index contributed by atoms with van der Waals surface area (Å²) < 4.78 is 0.656. The molecule has 0 fully saturated rings. The van der Waals surface area contributed by atoms with Gasteiger partial charge in [-0.2, -0.15) is 0 Å². The van der Waals surface area contributed by atoms with E-state index in [1.807, 2.05) is 0 Å². The van der Waals surface area contributed by atoms with Crippen molar-refractivity contribution in [1.82, 2.24) is 15.6 Å². The normalized spacial score (nSPS) is 11.7. The fourth-order valence-electron chi connectivity index (χ4n) is 1.07. The Balaban J connectivity index is 2.65. The van der Waals surface area contributed by atoms with E-state index in [9.17, 15) is 9.59 Å². The van der Waals surface area contributed by atoms with Crippen LogP contribution in [0.3, 0.4) is 0 Å². The van der Waals surface area contributed by atoms with Gasteiger partial charge in [0.1, 0.15) is 10.6 Å². The highest BCUT2D eigenvalue weighted by Crippen LogP contribution is 2.06. The molecule has 2 amide bonds. The molecule has 6 heteroatoms. The van der Waals surface area contributed by atoms with Crippen LogP contribution in [0.15, 0.2) is 22.9 Å². The predicted octanol–water partition coefficient (Wildman–Crippen LogP) is 0.708. The maximum atomic E-state index is 11.6. The third-order valence-electron chi connectivity index (χ3n) is 1.98. The Morgan fingerprint density at radius 1 is 1.44 bits per heavy atom. The average molecular weight is 286 g/mol. The number of hydrogen-bond donors (Lipinski definition) is 2. The van der Waals surface area contributed by atoms with Gasteiger partial charge in [0.25, 0.3) is 5.91 Å². The molecule has 0 bridgehead atoms. The van der Waals surface area contributed by atoms with Crippen LogP contribution >= 0.6 is 15.9 Å². The largest absolute Gasteiger partial charge is 0.357 e. The molecule has 0 aromatic carbocycles. The summed E-state index contributed by atoms with van der Waals surface area (Å²) in [6.07, 6.45) is 1.44. The van der Waals surface area contributed by atoms with Crippen molar-refractivity contribution >= 4 is 27.7 Å². The zero-order valence-electron chi connectivity index (χ0n) is 8.95. The highest BCUT2D eigenvalue weighted by Gasteiger charge is 2.15. The molecule has 5 nitrogen and oxygen atoms in total. The van der Waals surface area contributed by atoms with Crippen LogP contribution in [0.2, 0.25) is 0 Å². The van der Waals surface area contributed by atoms with Gasteiger partial charge in [-0.05, 0) is 35.0 Å². The summed E-state index contributed by atoms with van der Waals surface area (Å²) in [5, 5.41) is 5.01. The Hall–Kier alpha value is -1.43. The summed E-state index contributed by atoms with van der Waals surface area (Å²) >= 11 is 3.17. The van der Waals surface area contributed by atoms with Crippen LogP contribution < -0.4 is 10.6 Å². The number of likely N-dealkylation sites (N-methyl/N-ethyl adjacent to an activating group) is 1. The highest BCUT2D eigenvalue weighted by molar-refractivity contribution is 9.10. The van der Waals surface area contributed by atoms with Crippen molar-refractivity contribution in [2.24, 2.45) is 0 Å². The number of halogens is 1. The number of nitrogens with zero attached hydrogens (tertiary/aromatic N) is 1. The summed E-state index contributed by atoms with van der Waals surface area (Å²) in [4.78, 5) is 26.8. The summed E-state index contributed by atoms with van der Waals surface area (Å²) in [6, 6.07) is 2.73. The lowest BCUT2D eigenvalue weighted by molar-refractivity contribution is -0.122. The first-order chi connectivity index (χ1) is 7.54. The van der Waals surface area contributed by atoms with Crippen LogP contribution in [-0.2, 0) is 4.79 Å². The van der Waals surface area contributed by atoms with Crippen molar-refractivity contribution in [3.63, 3.8) is 0 Å². The van der Waals surface area contributed by atoms with Gasteiger partial charge in [0, 0.05) is 13.2 Å². The highest BCUT2D eigenvalue weighted by atomic mass is 79.9. The number of carbonyl (C=O) groups excluding carboxylic acids is 2. The van der Waals surface area contributed by atoms with Crippen molar-refractivity contribution < 1.29 is 9.59 Å². The molecule has 1 heterocycles. The van der Waals surface area contributed by atoms with E-state index in [4.69, 9.17) is 0 Å². The number of amides is 2. The van der Waals surface area contributed by atoms with Crippen molar-refractivity contribution in [3.8, 4) is 0 Å². The monoisotopic (exact) mass is 285 g/mol. The standard InChI is InChI=1S/C10H12BrN3O2/c1-6(9(15)12-2)14-10(16)7-3-4-8(11)13-5-7/h3-6H,1-2H3,(H,12,15)(H,14,16). The Kier molecular flexibility index (Phi) is 4.42. The molecule has 1 aromatic heterocycles. The van der Waals surface area contributed by atoms with Gasteiger partial charge in [-0.25, -0.2) is 4.98 Å². The minimum absolute atomic E-state index is 0.238. The molecule has 86 valence electrons. The summed E-state index contributed by atoms with van der Waals surface area (Å²) in [7, 11) is 1.52. The molecule has 2 N–H and O–H groups in total. The van der Waals surface area contributed by atoms with Crippen LogP contribution in [0.5, 0.6) is 0 Å². The first-order valence-electron chi connectivity index (χ1n) is 4.68. The maximum absolute atomic E-state index is 11.6. The number of aromatic nitrogens is 1. The van der Waals surface area contributed by atoms with Crippen molar-refractivity contribution in [3.05, 3.63) is 28.5 Å². The first kappa shape index (κ1) is 12.6. The van der Waals surface area contributed by atoms with Crippen molar-refractivity contribution in [2.45, 2.75) is 13.0 Å². The van der Waals surface area contributed by atoms with E-state index in [0.717, 1.165) is 0 Å². The second kappa shape index (κ2) is 5.60. The van der Waals surface area contributed by atoms with Crippen molar-refractivity contribution in [2.75, 3.05) is 7.05 Å². The second-order valence-electron chi connectivity index (χ2n) is 3.18. The lowest BCUT2D eigenvalue weighted by Crippen LogP contribution is -2.43. The van der Waals surface area contributed by atoms with Crippen LogP contribution in [0.25, 0.3) is 0 Å². The summed E-state index contributed by atoms with van der Waals surface area (Å²) in [5.74, 6) is -0.561. The van der Waals surface area contributed by atoms with E-state index < -0.39 is 6.04 Å². The molecule has 1 rings (SSSR count). The van der Waals surface area contributed by atoms with Gasteiger partial charge >= 0.3 is 0 Å². The number of nitrogens with one attached hydrogen (secondary N) is 2. The van der Waals surface area contributed by atoms with E-state index >= 15 is 0 Å². The molecule has 1 unspecified atom stereocenters. The van der Waals surface area contributed by atoms with Gasteiger partial charge < -0.3 is 10.6 Å². The van der Waals surface area contributed by atoms with Crippen LogP contribution in [-0.4, -0.2) is 29.9 Å². The molecule has 0 aliphatic rings. The lowest BCUT2D eigenvalue weighted by atomic mass is 10.2. The fraction of sp³-hybridized carbons (Fsp3) is 0.300. The van der Waals surface area contributed by atoms with E-state index in [0.29, 0.717) is 10.2 Å². The maximum Gasteiger partial charge on any atom is 0.253 e. The SMILES string of the molecule is CNC(=O)C(C)NC(=O)c1ccc(Br)nc1. The smallest absolute Gasteiger partial charge is 0.253 e. The molecular weight excluding hydrogens is 274 g/mol. The van der Waals surface area contributed by atoms with Gasteiger partial charge in [-0.3, -0.25) is 9.59 Å². The molecule has 16 heavy (non-hydrogen) atoms. The van der Waals surface area contributed by atoms with Gasteiger partial charge in [0.2, 0.25) is 5.91 Å². The Labute approximate surface area is 102 Å². The van der Waals surface area contributed by atoms with Gasteiger partial charge in [-0.15, -0.1) is 0 Å². The Morgan fingerprint density at radius 3 is 2.62 bits per heavy atom. The first-order valence-corrected chi connectivity index (χ1v) is 5.48. The molecule has 0 saturated carbocycles. The zero-order chi connectivity index (χ0) is 12.1. The number of hydrogen-bond acceptors (Lipinski definition) is 3. The second-order valence-corrected chi connectivity index (χ2v) is 3.99. The topological polar surface area (TPSA) is 71.1 Å². The molecule has 1 atom stereocenters. The third kappa shape index (κ3) is 3.30. The average Bonchev–Trinajstić information content (AvgIpc) is 2.28. The van der Waals surface area contributed by atoms with E-state index in [-0.39, 0.29) is 11.8 Å². The Bertz CT molecular complexity index is 392. The number of pyridine rings is 1. The van der Waals surface area contributed by atoms with Gasteiger partial charge in [-0.1, -0.05) is 0 Å². The third-order valence-corrected chi connectivity index (χ3v) is 2.45. The predicted molar refractivity (Wildman–Crippen MR) is 62.9 cm³/mol. The van der Waals surface area contributed by atoms with Crippen LogP contribution in [0, 0.1) is 0 Å². The quantitative estimate of drug-likeness (QED) is 0.804. The minimum atomic E-state index is -0.568. The van der Waals surface area contributed by atoms with Crippen LogP contribution in [0.1, 0.15) is 17.3 Å². The molecule has 0 saturated heterocycles. The van der Waals surface area contributed by atoms with Crippen LogP contribution in [0.4, 0.5) is 0 Å². The molecular formula is C10H12BrN3O2. The fourth-order valence-corrected chi connectivity index (χ4v) is 1.31. The number of rotatable bonds is 3. The zero-order valence-corrected chi connectivity index (χ0v) is 10.5. The molecule has 0 spiro atoms. The Morgan fingerprint density at radius 2 is 2.12 bits per heavy atom. The minimum Gasteiger partial charge on any atom is -0.357 e. The summed E-state index contributed by atoms with van der Waals surface area (Å²) in [5.41, 5.74) is 0.416. The molecule has 0 aliphatic carbocycles. The van der Waals surface area contributed by atoms with E-state index in [1.54, 1.807) is 19.1 Å². The van der Waals surface area contributed by atoms with Crippen molar-refractivity contribution in [1.29, 1.82) is 0 Å². The molecule has 0 radical (unpaired) electrons. The van der Waals surface area contributed by atoms with Gasteiger partial charge in [0.15, 0.2) is 0 Å².